The molecule has 0 radical (unpaired) electrons. The molecule has 142 valence electrons. The molecule has 1 saturated heterocycles. The van der Waals surface area contributed by atoms with Crippen molar-refractivity contribution >= 4 is 51.7 Å². The van der Waals surface area contributed by atoms with E-state index in [4.69, 9.17) is 17.3 Å². The van der Waals surface area contributed by atoms with Gasteiger partial charge in [-0.25, -0.2) is 4.98 Å². The summed E-state index contributed by atoms with van der Waals surface area (Å²) in [5, 5.41) is 12.1. The lowest BCUT2D eigenvalue weighted by atomic mass is 10.2. The van der Waals surface area contributed by atoms with Crippen LogP contribution in [0.1, 0.15) is 24.5 Å². The van der Waals surface area contributed by atoms with Crippen LogP contribution in [0, 0.1) is 6.92 Å². The summed E-state index contributed by atoms with van der Waals surface area (Å²) < 4.78 is 1.95. The predicted octanol–water partition coefficient (Wildman–Crippen LogP) is 2.02. The van der Waals surface area contributed by atoms with Gasteiger partial charge in [-0.1, -0.05) is 37.0 Å². The summed E-state index contributed by atoms with van der Waals surface area (Å²) in [4.78, 5) is 32.2. The number of aliphatic hydroxyl groups excluding tert-OH is 1. The third kappa shape index (κ3) is 3.76. The van der Waals surface area contributed by atoms with Gasteiger partial charge in [-0.2, -0.15) is 0 Å². The molecule has 1 aliphatic rings. The highest BCUT2D eigenvalue weighted by atomic mass is 32.2. The van der Waals surface area contributed by atoms with Crippen LogP contribution in [0.3, 0.4) is 0 Å². The highest BCUT2D eigenvalue weighted by molar-refractivity contribution is 8.26. The largest absolute Gasteiger partial charge is 0.395 e. The molecule has 2 N–H and O–H groups in total. The van der Waals surface area contributed by atoms with Crippen molar-refractivity contribution in [2.75, 3.05) is 25.0 Å². The number of hydrogen-bond donors (Lipinski definition) is 2. The smallest absolute Gasteiger partial charge is 0.267 e. The molecular formula is C18H20N4O3S2. The zero-order valence-corrected chi connectivity index (χ0v) is 16.7. The van der Waals surface area contributed by atoms with Gasteiger partial charge in [0.1, 0.15) is 15.8 Å². The topological polar surface area (TPSA) is 86.9 Å². The number of pyridine rings is 1. The Morgan fingerprint density at radius 2 is 2.19 bits per heavy atom. The van der Waals surface area contributed by atoms with Gasteiger partial charge < -0.3 is 10.4 Å². The molecule has 0 saturated carbocycles. The Kier molecular flexibility index (Phi) is 5.93. The van der Waals surface area contributed by atoms with Crippen molar-refractivity contribution in [2.24, 2.45) is 0 Å². The second kappa shape index (κ2) is 8.20. The summed E-state index contributed by atoms with van der Waals surface area (Å²) in [6.07, 6.45) is 3.98. The summed E-state index contributed by atoms with van der Waals surface area (Å²) in [6, 6.07) is 3.64. The minimum atomic E-state index is -0.287. The monoisotopic (exact) mass is 404 g/mol. The van der Waals surface area contributed by atoms with Crippen LogP contribution in [0.2, 0.25) is 0 Å². The minimum Gasteiger partial charge on any atom is -0.395 e. The summed E-state index contributed by atoms with van der Waals surface area (Å²) in [5.41, 5.74) is 1.36. The van der Waals surface area contributed by atoms with E-state index in [0.717, 1.165) is 12.0 Å². The molecular weight excluding hydrogens is 384 g/mol. The molecule has 0 unspecified atom stereocenters. The molecule has 0 bridgehead atoms. The number of thiocarbonyl (C=S) groups is 1. The van der Waals surface area contributed by atoms with Crippen molar-refractivity contribution in [3.63, 3.8) is 0 Å². The van der Waals surface area contributed by atoms with Crippen molar-refractivity contribution in [1.82, 2.24) is 14.3 Å². The number of aliphatic hydroxyl groups is 1. The summed E-state index contributed by atoms with van der Waals surface area (Å²) in [7, 11) is 0. The SMILES string of the molecule is CCCN1C(=O)/C(=C\c2c(NCCO)nc3c(C)cccn3c2=O)SC1=S. The maximum absolute atomic E-state index is 13.1. The number of anilines is 1. The third-order valence-corrected chi connectivity index (χ3v) is 5.46. The van der Waals surface area contributed by atoms with Gasteiger partial charge >= 0.3 is 0 Å². The molecule has 1 aliphatic heterocycles. The second-order valence-electron chi connectivity index (χ2n) is 6.05. The number of nitrogens with one attached hydrogen (secondary N) is 1. The number of rotatable bonds is 6. The van der Waals surface area contributed by atoms with Crippen LogP contribution < -0.4 is 10.9 Å². The number of carbonyl (C=O) groups is 1. The van der Waals surface area contributed by atoms with Crippen molar-refractivity contribution in [3.05, 3.63) is 44.7 Å². The van der Waals surface area contributed by atoms with Crippen LogP contribution in [0.25, 0.3) is 11.7 Å². The van der Waals surface area contributed by atoms with E-state index in [1.807, 2.05) is 19.9 Å². The Morgan fingerprint density at radius 1 is 1.41 bits per heavy atom. The van der Waals surface area contributed by atoms with Crippen LogP contribution in [-0.4, -0.2) is 49.3 Å². The molecule has 1 amide bonds. The molecule has 0 aliphatic carbocycles. The molecule has 0 spiro atoms. The Hall–Kier alpha value is -2.23. The van der Waals surface area contributed by atoms with Gasteiger partial charge in [0.05, 0.1) is 17.1 Å². The quantitative estimate of drug-likeness (QED) is 0.563. The molecule has 9 heteroatoms. The van der Waals surface area contributed by atoms with Crippen LogP contribution in [-0.2, 0) is 4.79 Å². The summed E-state index contributed by atoms with van der Waals surface area (Å²) in [6.45, 7) is 4.53. The number of thioether (sulfide) groups is 1. The van der Waals surface area contributed by atoms with Crippen molar-refractivity contribution < 1.29 is 9.90 Å². The van der Waals surface area contributed by atoms with E-state index in [2.05, 4.69) is 10.3 Å². The maximum atomic E-state index is 13.1. The molecule has 27 heavy (non-hydrogen) atoms. The van der Waals surface area contributed by atoms with Crippen LogP contribution >= 0.6 is 24.0 Å². The van der Waals surface area contributed by atoms with Crippen LogP contribution in [0.5, 0.6) is 0 Å². The first-order valence-electron chi connectivity index (χ1n) is 8.60. The number of hydrogen-bond acceptors (Lipinski definition) is 7. The molecule has 3 heterocycles. The fourth-order valence-corrected chi connectivity index (χ4v) is 4.09. The average molecular weight is 405 g/mol. The van der Waals surface area contributed by atoms with Crippen molar-refractivity contribution in [3.8, 4) is 0 Å². The molecule has 2 aromatic heterocycles. The van der Waals surface area contributed by atoms with E-state index in [1.54, 1.807) is 23.2 Å². The zero-order valence-electron chi connectivity index (χ0n) is 15.1. The lowest BCUT2D eigenvalue weighted by molar-refractivity contribution is -0.122. The van der Waals surface area contributed by atoms with Crippen molar-refractivity contribution in [1.29, 1.82) is 0 Å². The van der Waals surface area contributed by atoms with E-state index >= 15 is 0 Å². The first-order valence-corrected chi connectivity index (χ1v) is 9.82. The summed E-state index contributed by atoms with van der Waals surface area (Å²) >= 11 is 6.47. The molecule has 3 rings (SSSR count). The lowest BCUT2D eigenvalue weighted by Crippen LogP contribution is -2.28. The number of aryl methyl sites for hydroxylation is 1. The molecule has 0 atom stereocenters. The minimum absolute atomic E-state index is 0.104. The number of aromatic nitrogens is 2. The van der Waals surface area contributed by atoms with Gasteiger partial charge in [0, 0.05) is 19.3 Å². The first-order chi connectivity index (χ1) is 13.0. The lowest BCUT2D eigenvalue weighted by Gasteiger charge is -2.12. The number of amides is 1. The average Bonchev–Trinajstić information content (AvgIpc) is 2.91. The Labute approximate surface area is 166 Å². The number of carbonyl (C=O) groups excluding carboxylic acids is 1. The van der Waals surface area contributed by atoms with Gasteiger partial charge in [0.15, 0.2) is 0 Å². The zero-order chi connectivity index (χ0) is 19.6. The predicted molar refractivity (Wildman–Crippen MR) is 112 cm³/mol. The number of nitrogens with zero attached hydrogens (tertiary/aromatic N) is 3. The van der Waals surface area contributed by atoms with E-state index in [9.17, 15) is 9.59 Å². The molecule has 7 nitrogen and oxygen atoms in total. The molecule has 2 aromatic rings. The van der Waals surface area contributed by atoms with Crippen LogP contribution in [0.4, 0.5) is 5.82 Å². The second-order valence-corrected chi connectivity index (χ2v) is 7.72. The standard InChI is InChI=1S/C18H20N4O3S2/c1-3-7-22-17(25)13(27-18(22)26)10-12-14(19-6-9-23)20-15-11(2)5-4-8-21(15)16(12)24/h4-5,8,10,19,23H,3,6-7,9H2,1-2H3/b13-10+. The highest BCUT2D eigenvalue weighted by Gasteiger charge is 2.31. The van der Waals surface area contributed by atoms with Crippen LogP contribution in [0.15, 0.2) is 28.0 Å². The first kappa shape index (κ1) is 19.5. The molecule has 0 aromatic carbocycles. The molecule has 1 fully saturated rings. The Bertz CT molecular complexity index is 1000. The van der Waals surface area contributed by atoms with E-state index in [0.29, 0.717) is 27.2 Å². The van der Waals surface area contributed by atoms with Gasteiger partial charge in [-0.05, 0) is 31.1 Å². The van der Waals surface area contributed by atoms with E-state index in [-0.39, 0.29) is 30.2 Å². The summed E-state index contributed by atoms with van der Waals surface area (Å²) in [5.74, 6) is 0.137. The maximum Gasteiger partial charge on any atom is 0.267 e. The van der Waals surface area contributed by atoms with Gasteiger partial charge in [-0.3, -0.25) is 18.9 Å². The third-order valence-electron chi connectivity index (χ3n) is 4.08. The normalized spacial score (nSPS) is 16.0. The fourth-order valence-electron chi connectivity index (χ4n) is 2.80. The van der Waals surface area contributed by atoms with Crippen molar-refractivity contribution in [2.45, 2.75) is 20.3 Å². The van der Waals surface area contributed by atoms with Gasteiger partial charge in [0.2, 0.25) is 0 Å². The fraction of sp³-hybridized carbons (Fsp3) is 0.333. The van der Waals surface area contributed by atoms with Gasteiger partial charge in [-0.15, -0.1) is 0 Å². The Morgan fingerprint density at radius 3 is 2.89 bits per heavy atom. The number of fused-ring (bicyclic) bond motifs is 1. The highest BCUT2D eigenvalue weighted by Crippen LogP contribution is 2.33. The Balaban J connectivity index is 2.15. The van der Waals surface area contributed by atoms with E-state index < -0.39 is 0 Å². The van der Waals surface area contributed by atoms with Gasteiger partial charge in [0.25, 0.3) is 11.5 Å². The van der Waals surface area contributed by atoms with E-state index in [1.165, 1.54) is 16.2 Å².